The summed E-state index contributed by atoms with van der Waals surface area (Å²) in [6.07, 6.45) is 0. The molecular formula is C14H19N2O3S2+. The third-order valence-electron chi connectivity index (χ3n) is 3.34. The molecule has 0 aliphatic rings. The Balaban J connectivity index is 2.51. The monoisotopic (exact) mass is 327 g/mol. The van der Waals surface area contributed by atoms with Crippen molar-refractivity contribution in [1.82, 2.24) is 0 Å². The number of aromatic nitrogens is 1. The van der Waals surface area contributed by atoms with Crippen molar-refractivity contribution in [3.8, 4) is 5.19 Å². The van der Waals surface area contributed by atoms with Gasteiger partial charge in [-0.25, -0.2) is 5.84 Å². The maximum atomic E-state index is 12.5. The number of hydrogen-bond acceptors (Lipinski definition) is 5. The summed E-state index contributed by atoms with van der Waals surface area (Å²) in [5, 5.41) is 0.157. The van der Waals surface area contributed by atoms with Gasteiger partial charge in [0.15, 0.2) is 0 Å². The zero-order valence-electron chi connectivity index (χ0n) is 12.7. The molecule has 2 N–H and O–H groups in total. The summed E-state index contributed by atoms with van der Waals surface area (Å²) in [5.74, 6) is 5.83. The van der Waals surface area contributed by atoms with Gasteiger partial charge in [0, 0.05) is 6.92 Å². The molecule has 0 radical (unpaired) electrons. The fourth-order valence-electron chi connectivity index (χ4n) is 2.31. The number of nitrogens with zero attached hydrogens (tertiary/aromatic N) is 1. The molecular weight excluding hydrogens is 308 g/mol. The number of nitrogen functional groups attached to an aromatic ring is 1. The molecule has 0 fully saturated rings. The lowest BCUT2D eigenvalue weighted by molar-refractivity contribution is -0.643. The third-order valence-corrected chi connectivity index (χ3v) is 6.03. The molecule has 0 bridgehead atoms. The minimum atomic E-state index is -3.91. The number of hydrogen-bond donors (Lipinski definition) is 1. The maximum Gasteiger partial charge on any atom is 0.475 e. The Morgan fingerprint density at radius 3 is 2.05 bits per heavy atom. The van der Waals surface area contributed by atoms with Crippen LogP contribution in [-0.4, -0.2) is 8.42 Å². The first-order valence-corrected chi connectivity index (χ1v) is 8.65. The first-order chi connectivity index (χ1) is 9.63. The van der Waals surface area contributed by atoms with Crippen LogP contribution in [-0.2, 0) is 10.1 Å². The predicted octanol–water partition coefficient (Wildman–Crippen LogP) is 2.06. The lowest BCUT2D eigenvalue weighted by Crippen LogP contribution is -2.47. The van der Waals surface area contributed by atoms with Crippen LogP contribution in [0, 0.1) is 34.6 Å². The lowest BCUT2D eigenvalue weighted by atomic mass is 10.1. The van der Waals surface area contributed by atoms with E-state index in [0.717, 1.165) is 16.1 Å². The summed E-state index contributed by atoms with van der Waals surface area (Å²) in [5.41, 5.74) is 3.13. The van der Waals surface area contributed by atoms with Crippen molar-refractivity contribution in [3.05, 3.63) is 39.4 Å². The molecule has 1 aromatic carbocycles. The van der Waals surface area contributed by atoms with Gasteiger partial charge < -0.3 is 4.18 Å². The fraction of sp³-hybridized carbons (Fsp3) is 0.357. The van der Waals surface area contributed by atoms with Gasteiger partial charge in [-0.2, -0.15) is 8.42 Å². The molecule has 0 unspecified atom stereocenters. The van der Waals surface area contributed by atoms with E-state index in [1.54, 1.807) is 13.8 Å². The van der Waals surface area contributed by atoms with Gasteiger partial charge in [-0.05, 0) is 54.8 Å². The Hall–Kier alpha value is -1.60. The van der Waals surface area contributed by atoms with Crippen LogP contribution in [0.4, 0.5) is 0 Å². The molecule has 1 heterocycles. The lowest BCUT2D eigenvalue weighted by Gasteiger charge is -2.10. The van der Waals surface area contributed by atoms with Gasteiger partial charge in [0.25, 0.3) is 0 Å². The quantitative estimate of drug-likeness (QED) is 0.532. The normalized spacial score (nSPS) is 11.7. The Bertz CT molecular complexity index is 785. The van der Waals surface area contributed by atoms with Gasteiger partial charge in [-0.15, -0.1) is 0 Å². The molecule has 0 spiro atoms. The van der Waals surface area contributed by atoms with Crippen molar-refractivity contribution in [1.29, 1.82) is 0 Å². The van der Waals surface area contributed by atoms with Gasteiger partial charge in [0.1, 0.15) is 4.90 Å². The van der Waals surface area contributed by atoms with Crippen molar-refractivity contribution < 1.29 is 17.3 Å². The van der Waals surface area contributed by atoms with E-state index in [-0.39, 0.29) is 10.1 Å². The van der Waals surface area contributed by atoms with E-state index in [1.165, 1.54) is 16.0 Å². The van der Waals surface area contributed by atoms with Crippen molar-refractivity contribution >= 4 is 21.5 Å². The van der Waals surface area contributed by atoms with Crippen LogP contribution in [0.1, 0.15) is 27.3 Å². The molecule has 0 saturated carbocycles. The molecule has 2 rings (SSSR count). The van der Waals surface area contributed by atoms with Crippen LogP contribution in [0.5, 0.6) is 5.19 Å². The predicted molar refractivity (Wildman–Crippen MR) is 82.6 cm³/mol. The molecule has 2 aromatic rings. The second kappa shape index (κ2) is 5.31. The van der Waals surface area contributed by atoms with E-state index < -0.39 is 10.1 Å². The fourth-order valence-corrected chi connectivity index (χ4v) is 4.72. The van der Waals surface area contributed by atoms with E-state index in [1.807, 2.05) is 32.9 Å². The Kier molecular flexibility index (Phi) is 3.99. The topological polar surface area (TPSA) is 73.3 Å². The minimum absolute atomic E-state index is 0.157. The van der Waals surface area contributed by atoms with E-state index in [9.17, 15) is 8.42 Å². The first-order valence-electron chi connectivity index (χ1n) is 6.43. The molecule has 0 aliphatic carbocycles. The second-order valence-corrected chi connectivity index (χ2v) is 7.79. The van der Waals surface area contributed by atoms with Crippen molar-refractivity contribution in [2.24, 2.45) is 0 Å². The summed E-state index contributed by atoms with van der Waals surface area (Å²) in [4.78, 5) is 1.12. The highest BCUT2D eigenvalue weighted by Gasteiger charge is 2.30. The molecule has 7 heteroatoms. The van der Waals surface area contributed by atoms with Gasteiger partial charge in [-0.3, -0.25) is 0 Å². The maximum absolute atomic E-state index is 12.5. The van der Waals surface area contributed by atoms with E-state index in [4.69, 9.17) is 10.0 Å². The van der Waals surface area contributed by atoms with Gasteiger partial charge in [0.05, 0.1) is 4.88 Å². The van der Waals surface area contributed by atoms with Crippen LogP contribution >= 0.6 is 11.3 Å². The summed E-state index contributed by atoms with van der Waals surface area (Å²) in [7, 11) is -3.91. The standard InChI is InChI=1S/C14H19N2O3S2/c1-8-6-9(2)13(10(3)7-8)21(17,18)19-14-16(15)11(4)12(5)20-14/h6-7H,15H2,1-5H3/q+1. The smallest absolute Gasteiger partial charge is 0.308 e. The summed E-state index contributed by atoms with van der Waals surface area (Å²) >= 11 is 1.21. The molecule has 0 amide bonds. The van der Waals surface area contributed by atoms with Crippen LogP contribution in [0.15, 0.2) is 17.0 Å². The average Bonchev–Trinajstić information content (AvgIpc) is 2.54. The summed E-state index contributed by atoms with van der Waals surface area (Å²) < 4.78 is 31.6. The Labute approximate surface area is 129 Å². The average molecular weight is 327 g/mol. The van der Waals surface area contributed by atoms with Crippen LogP contribution in [0.3, 0.4) is 0 Å². The van der Waals surface area contributed by atoms with Crippen molar-refractivity contribution in [2.75, 3.05) is 5.84 Å². The third kappa shape index (κ3) is 2.89. The summed E-state index contributed by atoms with van der Waals surface area (Å²) in [6, 6.07) is 3.65. The molecule has 114 valence electrons. The van der Waals surface area contributed by atoms with E-state index >= 15 is 0 Å². The highest BCUT2D eigenvalue weighted by atomic mass is 32.2. The molecule has 1 aromatic heterocycles. The van der Waals surface area contributed by atoms with Crippen LogP contribution in [0.2, 0.25) is 0 Å². The highest BCUT2D eigenvalue weighted by Crippen LogP contribution is 2.27. The first kappa shape index (κ1) is 15.8. The SMILES string of the molecule is Cc1cc(C)c(S(=O)(=O)Oc2sc(C)c(C)[n+]2N)c(C)c1. The van der Waals surface area contributed by atoms with Gasteiger partial charge in [-0.1, -0.05) is 17.7 Å². The number of thiazole rings is 1. The number of nitrogens with two attached hydrogens (primary N) is 1. The van der Waals surface area contributed by atoms with Crippen molar-refractivity contribution in [3.63, 3.8) is 0 Å². The Morgan fingerprint density at radius 2 is 1.62 bits per heavy atom. The Morgan fingerprint density at radius 1 is 1.10 bits per heavy atom. The zero-order chi connectivity index (χ0) is 15.9. The molecule has 0 atom stereocenters. The second-order valence-electron chi connectivity index (χ2n) is 5.14. The summed E-state index contributed by atoms with van der Waals surface area (Å²) in [6.45, 7) is 9.13. The van der Waals surface area contributed by atoms with Crippen molar-refractivity contribution in [2.45, 2.75) is 39.5 Å². The highest BCUT2D eigenvalue weighted by molar-refractivity contribution is 7.87. The number of benzene rings is 1. The largest absolute Gasteiger partial charge is 0.475 e. The van der Waals surface area contributed by atoms with Crippen LogP contribution in [0.25, 0.3) is 0 Å². The molecule has 0 aliphatic heterocycles. The molecule has 0 saturated heterocycles. The van der Waals surface area contributed by atoms with Crippen LogP contribution < -0.4 is 14.7 Å². The molecule has 5 nitrogen and oxygen atoms in total. The minimum Gasteiger partial charge on any atom is -0.308 e. The number of rotatable bonds is 3. The van der Waals surface area contributed by atoms with Gasteiger partial charge in [0.2, 0.25) is 5.69 Å². The molecule has 21 heavy (non-hydrogen) atoms. The van der Waals surface area contributed by atoms with E-state index in [0.29, 0.717) is 11.1 Å². The number of aryl methyl sites for hydroxylation is 4. The van der Waals surface area contributed by atoms with E-state index in [2.05, 4.69) is 0 Å². The van der Waals surface area contributed by atoms with Gasteiger partial charge >= 0.3 is 15.3 Å². The zero-order valence-corrected chi connectivity index (χ0v) is 14.4.